The number of hydrogen-bond donors (Lipinski definition) is 3. The largest absolute Gasteiger partial charge is 1.00 e. The van der Waals surface area contributed by atoms with Crippen LogP contribution in [-0.2, 0) is 19.7 Å². The summed E-state index contributed by atoms with van der Waals surface area (Å²) in [5, 5.41) is 17.2. The average molecular weight is 322 g/mol. The Balaban J connectivity index is 0. The number of carboxylic acid groups (broad SMARTS) is 2. The van der Waals surface area contributed by atoms with Gasteiger partial charge in [-0.05, 0) is 23.8 Å². The average Bonchev–Trinajstić information content (AvgIpc) is 2.33. The van der Waals surface area contributed by atoms with Gasteiger partial charge in [-0.1, -0.05) is 18.2 Å². The first kappa shape index (κ1) is 19.6. The molecular weight excluding hydrogens is 311 g/mol. The van der Waals surface area contributed by atoms with E-state index < -0.39 is 27.6 Å². The third-order valence-electron chi connectivity index (χ3n) is 2.16. The quantitative estimate of drug-likeness (QED) is 0.251. The van der Waals surface area contributed by atoms with Gasteiger partial charge in [-0.2, -0.15) is 8.42 Å². The smallest absolute Gasteiger partial charge is 1.00 e. The Morgan fingerprint density at radius 1 is 1.10 bits per heavy atom. The molecule has 0 saturated heterocycles. The summed E-state index contributed by atoms with van der Waals surface area (Å²) in [7, 11) is -4.29. The van der Waals surface area contributed by atoms with Crippen LogP contribution in [0.3, 0.4) is 0 Å². The number of rotatable bonds is 5. The third kappa shape index (κ3) is 6.69. The molecule has 0 aliphatic carbocycles. The molecule has 0 aliphatic rings. The van der Waals surface area contributed by atoms with Crippen LogP contribution in [0.2, 0.25) is 0 Å². The van der Waals surface area contributed by atoms with E-state index in [2.05, 4.69) is 0 Å². The molecule has 0 fully saturated rings. The normalized spacial score (nSPS) is 12.0. The Morgan fingerprint density at radius 2 is 1.62 bits per heavy atom. The maximum Gasteiger partial charge on any atom is 1.00 e. The summed E-state index contributed by atoms with van der Waals surface area (Å²) < 4.78 is 30.4. The van der Waals surface area contributed by atoms with Crippen molar-refractivity contribution >= 4 is 28.1 Å². The maximum atomic E-state index is 10.8. The van der Waals surface area contributed by atoms with Crippen LogP contribution in [0, 0.1) is 0 Å². The van der Waals surface area contributed by atoms with Crippen molar-refractivity contribution in [1.82, 2.24) is 0 Å². The molecule has 0 unspecified atom stereocenters. The van der Waals surface area contributed by atoms with Gasteiger partial charge in [0.2, 0.25) is 0 Å². The van der Waals surface area contributed by atoms with E-state index in [1.165, 1.54) is 18.2 Å². The topological polar surface area (TPSA) is 129 Å². The molecule has 1 aromatic rings. The summed E-state index contributed by atoms with van der Waals surface area (Å²) in [4.78, 5) is 20.9. The monoisotopic (exact) mass is 322 g/mol. The van der Waals surface area contributed by atoms with Gasteiger partial charge >= 0.3 is 41.5 Å². The number of benzene rings is 1. The standard InChI is InChI=1S/C12H10O7S.Na.H/c13-11(14)7-9(12(15)16)4-1-8-2-5-10(6-3-8)20(17,18)19;;/h1-7H,(H,13,14)(H,15,16)(H,17,18,19);;/q;+1;-1/b4-1?,9-7-;;. The molecule has 0 heterocycles. The van der Waals surface area contributed by atoms with Crippen molar-refractivity contribution < 1.29 is 63.8 Å². The molecule has 1 rings (SSSR count). The molecule has 0 bridgehead atoms. The first-order chi connectivity index (χ1) is 9.20. The molecule has 7 nitrogen and oxygen atoms in total. The fraction of sp³-hybridized carbons (Fsp3) is 0. The Kier molecular flexibility index (Phi) is 7.55. The molecule has 0 aliphatic heterocycles. The second-order valence-electron chi connectivity index (χ2n) is 3.62. The van der Waals surface area contributed by atoms with E-state index in [1.54, 1.807) is 0 Å². The zero-order valence-electron chi connectivity index (χ0n) is 11.9. The molecule has 0 amide bonds. The maximum absolute atomic E-state index is 10.8. The Labute approximate surface area is 144 Å². The summed E-state index contributed by atoms with van der Waals surface area (Å²) in [6, 6.07) is 4.94. The van der Waals surface area contributed by atoms with Crippen molar-refractivity contribution in [3.8, 4) is 0 Å². The van der Waals surface area contributed by atoms with E-state index in [4.69, 9.17) is 14.8 Å². The Bertz CT molecular complexity index is 693. The SMILES string of the molecule is O=C(O)/C=C(/C=Cc1ccc(S(=O)(=O)O)cc1)C(=O)O.[H-].[Na+]. The predicted octanol–water partition coefficient (Wildman–Crippen LogP) is -1.84. The number of carboxylic acids is 2. The van der Waals surface area contributed by atoms with Crippen molar-refractivity contribution in [1.29, 1.82) is 0 Å². The molecule has 21 heavy (non-hydrogen) atoms. The third-order valence-corrected chi connectivity index (χ3v) is 3.03. The summed E-state index contributed by atoms with van der Waals surface area (Å²) >= 11 is 0. The molecule has 3 N–H and O–H groups in total. The fourth-order valence-electron chi connectivity index (χ4n) is 1.25. The fourth-order valence-corrected chi connectivity index (χ4v) is 1.73. The molecule has 0 saturated carbocycles. The van der Waals surface area contributed by atoms with Crippen LogP contribution in [0.5, 0.6) is 0 Å². The van der Waals surface area contributed by atoms with Gasteiger partial charge in [0.05, 0.1) is 10.5 Å². The van der Waals surface area contributed by atoms with Crippen molar-refractivity contribution in [3.63, 3.8) is 0 Å². The van der Waals surface area contributed by atoms with Gasteiger partial charge in [0.15, 0.2) is 0 Å². The summed E-state index contributed by atoms with van der Waals surface area (Å²) in [5.41, 5.74) is 0.00583. The zero-order chi connectivity index (χ0) is 15.3. The van der Waals surface area contributed by atoms with Crippen LogP contribution < -0.4 is 29.6 Å². The molecule has 0 aromatic heterocycles. The number of hydrogen-bond acceptors (Lipinski definition) is 4. The minimum Gasteiger partial charge on any atom is -1.00 e. The molecular formula is C12H11NaO7S. The molecule has 9 heteroatoms. The Morgan fingerprint density at radius 3 is 2.00 bits per heavy atom. The second kappa shape index (κ2) is 8.11. The van der Waals surface area contributed by atoms with Gasteiger partial charge in [-0.3, -0.25) is 4.55 Å². The Hall–Kier alpha value is -1.45. The van der Waals surface area contributed by atoms with E-state index in [-0.39, 0.29) is 35.9 Å². The predicted molar refractivity (Wildman–Crippen MR) is 69.8 cm³/mol. The van der Waals surface area contributed by atoms with E-state index in [0.29, 0.717) is 11.6 Å². The van der Waals surface area contributed by atoms with Crippen molar-refractivity contribution in [3.05, 3.63) is 47.6 Å². The molecule has 0 atom stereocenters. The molecule has 0 spiro atoms. The summed E-state index contributed by atoms with van der Waals surface area (Å²) in [5.74, 6) is -2.80. The summed E-state index contributed by atoms with van der Waals surface area (Å²) in [6.07, 6.45) is 2.90. The van der Waals surface area contributed by atoms with E-state index in [9.17, 15) is 18.0 Å². The minimum atomic E-state index is -4.29. The van der Waals surface area contributed by atoms with Crippen molar-refractivity contribution in [2.24, 2.45) is 0 Å². The van der Waals surface area contributed by atoms with Crippen LogP contribution in [0.25, 0.3) is 6.08 Å². The van der Waals surface area contributed by atoms with Gasteiger partial charge < -0.3 is 11.6 Å². The van der Waals surface area contributed by atoms with Gasteiger partial charge in [-0.15, -0.1) is 0 Å². The van der Waals surface area contributed by atoms with Gasteiger partial charge in [0.25, 0.3) is 10.1 Å². The first-order valence-corrected chi connectivity index (χ1v) is 6.57. The second-order valence-corrected chi connectivity index (χ2v) is 5.04. The van der Waals surface area contributed by atoms with Crippen LogP contribution in [0.1, 0.15) is 6.99 Å². The van der Waals surface area contributed by atoms with Gasteiger partial charge in [0, 0.05) is 6.08 Å². The first-order valence-electron chi connectivity index (χ1n) is 5.13. The number of carbonyl (C=O) groups is 2. The van der Waals surface area contributed by atoms with Gasteiger partial charge in [-0.25, -0.2) is 9.59 Å². The van der Waals surface area contributed by atoms with Crippen LogP contribution in [-0.4, -0.2) is 35.1 Å². The van der Waals surface area contributed by atoms with Crippen molar-refractivity contribution in [2.45, 2.75) is 4.90 Å². The summed E-state index contributed by atoms with van der Waals surface area (Å²) in [6.45, 7) is 0. The molecule has 108 valence electrons. The van der Waals surface area contributed by atoms with Crippen LogP contribution in [0.15, 0.2) is 46.9 Å². The van der Waals surface area contributed by atoms with Crippen LogP contribution in [0.4, 0.5) is 0 Å². The molecule has 0 radical (unpaired) electrons. The van der Waals surface area contributed by atoms with E-state index >= 15 is 0 Å². The van der Waals surface area contributed by atoms with Crippen molar-refractivity contribution in [2.75, 3.05) is 0 Å². The van der Waals surface area contributed by atoms with E-state index in [0.717, 1.165) is 18.2 Å². The minimum absolute atomic E-state index is 0. The number of aliphatic carboxylic acids is 2. The van der Waals surface area contributed by atoms with Crippen LogP contribution >= 0.6 is 0 Å². The zero-order valence-corrected chi connectivity index (χ0v) is 13.7. The van der Waals surface area contributed by atoms with Gasteiger partial charge in [0.1, 0.15) is 0 Å². The molecule has 1 aromatic carbocycles. The van der Waals surface area contributed by atoms with E-state index in [1.807, 2.05) is 0 Å².